The van der Waals surface area contributed by atoms with Crippen LogP contribution in [0.1, 0.15) is 29.5 Å². The first kappa shape index (κ1) is 14.6. The highest BCUT2D eigenvalue weighted by Gasteiger charge is 2.25. The minimum absolute atomic E-state index is 0.187. The molecule has 1 unspecified atom stereocenters. The number of hydrogen-bond donors (Lipinski definition) is 0. The number of hydrogen-bond acceptors (Lipinski definition) is 2. The number of carbonyl (C=O) groups is 1. The zero-order valence-corrected chi connectivity index (χ0v) is 13.1. The smallest absolute Gasteiger partial charge is 0.227 e. The van der Waals surface area contributed by atoms with Gasteiger partial charge in [-0.3, -0.25) is 4.79 Å². The first-order valence-corrected chi connectivity index (χ1v) is 7.66. The molecule has 0 radical (unpaired) electrons. The van der Waals surface area contributed by atoms with Gasteiger partial charge < -0.3 is 9.64 Å². The third kappa shape index (κ3) is 2.98. The lowest BCUT2D eigenvalue weighted by atomic mass is 9.91. The van der Waals surface area contributed by atoms with Crippen LogP contribution >= 0.6 is 0 Å². The molecule has 3 rings (SSSR count). The molecule has 2 aromatic carbocycles. The summed E-state index contributed by atoms with van der Waals surface area (Å²) in [5.41, 5.74) is 3.66. The van der Waals surface area contributed by atoms with Crippen LogP contribution in [0.3, 0.4) is 0 Å². The van der Waals surface area contributed by atoms with Crippen LogP contribution in [-0.4, -0.2) is 24.5 Å². The maximum absolute atomic E-state index is 12.6. The highest BCUT2D eigenvalue weighted by molar-refractivity contribution is 5.79. The normalized spacial score (nSPS) is 17.0. The van der Waals surface area contributed by atoms with Gasteiger partial charge >= 0.3 is 0 Å². The van der Waals surface area contributed by atoms with E-state index in [4.69, 9.17) is 4.74 Å². The standard InChI is InChI=1S/C19H21NO2/c1-14-12-20(13-16-5-3-4-6-18(14)16)19(21)11-15-7-9-17(22-2)10-8-15/h3-10,14H,11-13H2,1-2H3. The first-order chi connectivity index (χ1) is 10.7. The highest BCUT2D eigenvalue weighted by Crippen LogP contribution is 2.28. The fourth-order valence-corrected chi connectivity index (χ4v) is 3.08. The fourth-order valence-electron chi connectivity index (χ4n) is 3.08. The van der Waals surface area contributed by atoms with Gasteiger partial charge in [-0.05, 0) is 34.7 Å². The quantitative estimate of drug-likeness (QED) is 0.868. The van der Waals surface area contributed by atoms with E-state index in [1.807, 2.05) is 35.2 Å². The molecule has 22 heavy (non-hydrogen) atoms. The number of nitrogens with zero attached hydrogens (tertiary/aromatic N) is 1. The van der Waals surface area contributed by atoms with Gasteiger partial charge in [-0.2, -0.15) is 0 Å². The average molecular weight is 295 g/mol. The van der Waals surface area contributed by atoms with E-state index in [9.17, 15) is 4.79 Å². The molecule has 1 aliphatic heterocycles. The Morgan fingerprint density at radius 1 is 1.18 bits per heavy atom. The molecule has 114 valence electrons. The molecular formula is C19H21NO2. The summed E-state index contributed by atoms with van der Waals surface area (Å²) in [6, 6.07) is 16.1. The van der Waals surface area contributed by atoms with Crippen molar-refractivity contribution in [2.24, 2.45) is 0 Å². The van der Waals surface area contributed by atoms with Crippen molar-refractivity contribution in [3.05, 3.63) is 65.2 Å². The van der Waals surface area contributed by atoms with Gasteiger partial charge in [0, 0.05) is 13.1 Å². The number of rotatable bonds is 3. The predicted molar refractivity (Wildman–Crippen MR) is 87.0 cm³/mol. The van der Waals surface area contributed by atoms with E-state index in [-0.39, 0.29) is 5.91 Å². The third-order valence-corrected chi connectivity index (χ3v) is 4.31. The minimum atomic E-state index is 0.187. The molecule has 1 heterocycles. The zero-order valence-electron chi connectivity index (χ0n) is 13.1. The van der Waals surface area contributed by atoms with Crippen LogP contribution in [0.25, 0.3) is 0 Å². The Kier molecular flexibility index (Phi) is 4.14. The van der Waals surface area contributed by atoms with Crippen molar-refractivity contribution in [2.45, 2.75) is 25.8 Å². The molecule has 0 fully saturated rings. The van der Waals surface area contributed by atoms with Crippen molar-refractivity contribution >= 4 is 5.91 Å². The van der Waals surface area contributed by atoms with Crippen LogP contribution in [-0.2, 0) is 17.8 Å². The van der Waals surface area contributed by atoms with E-state index >= 15 is 0 Å². The van der Waals surface area contributed by atoms with Crippen molar-refractivity contribution in [3.63, 3.8) is 0 Å². The Bertz CT molecular complexity index is 663. The molecule has 0 bridgehead atoms. The number of methoxy groups -OCH3 is 1. The molecule has 0 saturated heterocycles. The first-order valence-electron chi connectivity index (χ1n) is 7.66. The van der Waals surface area contributed by atoms with Crippen LogP contribution in [0, 0.1) is 0 Å². The molecule has 1 amide bonds. The van der Waals surface area contributed by atoms with Gasteiger partial charge in [0.05, 0.1) is 13.5 Å². The maximum atomic E-state index is 12.6. The summed E-state index contributed by atoms with van der Waals surface area (Å²) in [5.74, 6) is 1.40. The van der Waals surface area contributed by atoms with E-state index in [1.54, 1.807) is 7.11 Å². The monoisotopic (exact) mass is 295 g/mol. The molecule has 2 aromatic rings. The Morgan fingerprint density at radius 3 is 2.64 bits per heavy atom. The molecule has 0 aliphatic carbocycles. The summed E-state index contributed by atoms with van der Waals surface area (Å²) in [6.07, 6.45) is 0.443. The summed E-state index contributed by atoms with van der Waals surface area (Å²) in [4.78, 5) is 14.5. The van der Waals surface area contributed by atoms with Crippen LogP contribution in [0.15, 0.2) is 48.5 Å². The second-order valence-electron chi connectivity index (χ2n) is 5.90. The summed E-state index contributed by atoms with van der Waals surface area (Å²) in [5, 5.41) is 0. The summed E-state index contributed by atoms with van der Waals surface area (Å²) in [7, 11) is 1.65. The van der Waals surface area contributed by atoms with Gasteiger partial charge in [0.25, 0.3) is 0 Å². The molecule has 1 atom stereocenters. The van der Waals surface area contributed by atoms with Crippen molar-refractivity contribution in [1.82, 2.24) is 4.90 Å². The molecule has 1 aliphatic rings. The van der Waals surface area contributed by atoms with Gasteiger partial charge in [0.1, 0.15) is 5.75 Å². The second-order valence-corrected chi connectivity index (χ2v) is 5.90. The van der Waals surface area contributed by atoms with Crippen LogP contribution in [0.5, 0.6) is 5.75 Å². The molecular weight excluding hydrogens is 274 g/mol. The van der Waals surface area contributed by atoms with E-state index < -0.39 is 0 Å². The van der Waals surface area contributed by atoms with Crippen LogP contribution < -0.4 is 4.74 Å². The van der Waals surface area contributed by atoms with Crippen molar-refractivity contribution < 1.29 is 9.53 Å². The van der Waals surface area contributed by atoms with Crippen LogP contribution in [0.4, 0.5) is 0 Å². The molecule has 0 N–H and O–H groups in total. The average Bonchev–Trinajstić information content (AvgIpc) is 2.55. The summed E-state index contributed by atoms with van der Waals surface area (Å²) >= 11 is 0. The van der Waals surface area contributed by atoms with E-state index in [2.05, 4.69) is 25.1 Å². The SMILES string of the molecule is COc1ccc(CC(=O)N2Cc3ccccc3C(C)C2)cc1. The van der Waals surface area contributed by atoms with Crippen molar-refractivity contribution in [3.8, 4) is 5.75 Å². The molecule has 0 aromatic heterocycles. The van der Waals surface area contributed by atoms with E-state index in [1.165, 1.54) is 11.1 Å². The minimum Gasteiger partial charge on any atom is -0.497 e. The predicted octanol–water partition coefficient (Wildman–Crippen LogP) is 3.38. The Balaban J connectivity index is 1.70. The number of fused-ring (bicyclic) bond motifs is 1. The number of amides is 1. The van der Waals surface area contributed by atoms with E-state index in [0.717, 1.165) is 24.4 Å². The largest absolute Gasteiger partial charge is 0.497 e. The molecule has 0 saturated carbocycles. The topological polar surface area (TPSA) is 29.5 Å². The number of benzene rings is 2. The lowest BCUT2D eigenvalue weighted by Gasteiger charge is -2.33. The fraction of sp³-hybridized carbons (Fsp3) is 0.316. The maximum Gasteiger partial charge on any atom is 0.227 e. The number of ether oxygens (including phenoxy) is 1. The van der Waals surface area contributed by atoms with E-state index in [0.29, 0.717) is 12.3 Å². The molecule has 3 nitrogen and oxygen atoms in total. The lowest BCUT2D eigenvalue weighted by Crippen LogP contribution is -2.38. The number of carbonyl (C=O) groups excluding carboxylic acids is 1. The van der Waals surface area contributed by atoms with Crippen LogP contribution in [0.2, 0.25) is 0 Å². The van der Waals surface area contributed by atoms with Gasteiger partial charge in [0.2, 0.25) is 5.91 Å². The van der Waals surface area contributed by atoms with Gasteiger partial charge in [-0.15, -0.1) is 0 Å². The molecule has 0 spiro atoms. The van der Waals surface area contributed by atoms with Gasteiger partial charge in [0.15, 0.2) is 0 Å². The molecule has 3 heteroatoms. The third-order valence-electron chi connectivity index (χ3n) is 4.31. The second kappa shape index (κ2) is 6.22. The van der Waals surface area contributed by atoms with Crippen molar-refractivity contribution in [1.29, 1.82) is 0 Å². The lowest BCUT2D eigenvalue weighted by molar-refractivity contribution is -0.131. The van der Waals surface area contributed by atoms with Crippen molar-refractivity contribution in [2.75, 3.05) is 13.7 Å². The summed E-state index contributed by atoms with van der Waals surface area (Å²) in [6.45, 7) is 3.70. The Labute approximate surface area is 131 Å². The Hall–Kier alpha value is -2.29. The van der Waals surface area contributed by atoms with Gasteiger partial charge in [-0.25, -0.2) is 0 Å². The Morgan fingerprint density at radius 2 is 1.91 bits per heavy atom. The zero-order chi connectivity index (χ0) is 15.5. The highest BCUT2D eigenvalue weighted by atomic mass is 16.5. The summed E-state index contributed by atoms with van der Waals surface area (Å²) < 4.78 is 5.15. The van der Waals surface area contributed by atoms with Gasteiger partial charge in [-0.1, -0.05) is 43.3 Å².